The summed E-state index contributed by atoms with van der Waals surface area (Å²) in [5.41, 5.74) is 0.834. The highest BCUT2D eigenvalue weighted by atomic mass is 19.1. The van der Waals surface area contributed by atoms with Crippen molar-refractivity contribution in [1.29, 1.82) is 0 Å². The third-order valence-corrected chi connectivity index (χ3v) is 3.14. The van der Waals surface area contributed by atoms with Crippen LogP contribution in [0, 0.1) is 5.82 Å². The molecule has 0 radical (unpaired) electrons. The summed E-state index contributed by atoms with van der Waals surface area (Å²) in [5.74, 6) is -2.22. The largest absolute Gasteiger partial charge is 0.453 e. The van der Waals surface area contributed by atoms with Gasteiger partial charge in [-0.05, 0) is 35.9 Å². The average molecular weight is 341 g/mol. The van der Waals surface area contributed by atoms with Crippen LogP contribution in [-0.2, 0) is 14.3 Å². The zero-order valence-electron chi connectivity index (χ0n) is 13.5. The fraction of sp³-hybridized carbons (Fsp3) is 0.105. The van der Waals surface area contributed by atoms with E-state index in [-0.39, 0.29) is 11.3 Å². The molecule has 2 rings (SSSR count). The lowest BCUT2D eigenvalue weighted by atomic mass is 10.1. The Morgan fingerprint density at radius 3 is 2.28 bits per heavy atom. The lowest BCUT2D eigenvalue weighted by Gasteiger charge is -2.09. The van der Waals surface area contributed by atoms with Crippen LogP contribution in [0.4, 0.5) is 4.39 Å². The molecule has 0 aliphatic carbocycles. The molecular formula is C19H16FNO4. The van der Waals surface area contributed by atoms with Gasteiger partial charge in [0.2, 0.25) is 5.91 Å². The number of carbonyl (C=O) groups is 3. The number of halogens is 1. The summed E-state index contributed by atoms with van der Waals surface area (Å²) in [5, 5.41) is 2.39. The first-order valence-corrected chi connectivity index (χ1v) is 7.46. The van der Waals surface area contributed by atoms with Crippen LogP contribution < -0.4 is 5.32 Å². The second kappa shape index (κ2) is 8.54. The molecule has 0 bridgehead atoms. The minimum Gasteiger partial charge on any atom is -0.453 e. The standard InChI is InChI=1S/C19H16FNO4/c1-13(22)21-17(11-14-5-3-2-4-6-14)19(24)25-12-18(23)15-7-9-16(20)10-8-15/h2-11H,12H2,1H3,(H,21,22)/b17-11+. The highest BCUT2D eigenvalue weighted by molar-refractivity contribution is 6.01. The number of ether oxygens (including phenoxy) is 1. The van der Waals surface area contributed by atoms with E-state index in [0.717, 1.165) is 12.1 Å². The van der Waals surface area contributed by atoms with Gasteiger partial charge in [-0.25, -0.2) is 9.18 Å². The van der Waals surface area contributed by atoms with Gasteiger partial charge in [-0.3, -0.25) is 9.59 Å². The normalized spacial score (nSPS) is 10.9. The molecule has 5 nitrogen and oxygen atoms in total. The first kappa shape index (κ1) is 18.1. The van der Waals surface area contributed by atoms with Crippen molar-refractivity contribution in [2.24, 2.45) is 0 Å². The average Bonchev–Trinajstić information content (AvgIpc) is 2.60. The van der Waals surface area contributed by atoms with Crippen LogP contribution in [-0.4, -0.2) is 24.3 Å². The third kappa shape index (κ3) is 5.69. The van der Waals surface area contributed by atoms with Crippen LogP contribution in [0.1, 0.15) is 22.8 Å². The molecule has 0 aliphatic heterocycles. The Balaban J connectivity index is 2.06. The number of carbonyl (C=O) groups excluding carboxylic acids is 3. The molecule has 128 valence electrons. The highest BCUT2D eigenvalue weighted by Gasteiger charge is 2.15. The number of esters is 1. The number of amides is 1. The van der Waals surface area contributed by atoms with E-state index in [1.54, 1.807) is 24.3 Å². The molecule has 2 aromatic carbocycles. The molecule has 2 aromatic rings. The summed E-state index contributed by atoms with van der Waals surface area (Å²) < 4.78 is 17.8. The molecule has 1 N–H and O–H groups in total. The molecular weight excluding hydrogens is 325 g/mol. The minimum atomic E-state index is -0.838. The maximum atomic E-state index is 12.9. The SMILES string of the molecule is CC(=O)N/C(=C/c1ccccc1)C(=O)OCC(=O)c1ccc(F)cc1. The van der Waals surface area contributed by atoms with Crippen molar-refractivity contribution in [3.05, 3.63) is 77.2 Å². The summed E-state index contributed by atoms with van der Waals surface area (Å²) in [6.07, 6.45) is 1.45. The van der Waals surface area contributed by atoms with Crippen LogP contribution in [0.25, 0.3) is 6.08 Å². The number of hydrogen-bond acceptors (Lipinski definition) is 4. The van der Waals surface area contributed by atoms with Crippen molar-refractivity contribution in [1.82, 2.24) is 5.32 Å². The molecule has 0 aliphatic rings. The Hall–Kier alpha value is -3.28. The lowest BCUT2D eigenvalue weighted by Crippen LogP contribution is -2.27. The van der Waals surface area contributed by atoms with Gasteiger partial charge in [0, 0.05) is 12.5 Å². The van der Waals surface area contributed by atoms with Gasteiger partial charge in [-0.2, -0.15) is 0 Å². The van der Waals surface area contributed by atoms with Crippen LogP contribution in [0.5, 0.6) is 0 Å². The number of benzene rings is 2. The van der Waals surface area contributed by atoms with Crippen molar-refractivity contribution in [3.8, 4) is 0 Å². The van der Waals surface area contributed by atoms with E-state index in [2.05, 4.69) is 5.32 Å². The molecule has 0 saturated carbocycles. The Bertz CT molecular complexity index is 798. The predicted octanol–water partition coefficient (Wildman–Crippen LogP) is 2.73. The molecule has 1 amide bonds. The lowest BCUT2D eigenvalue weighted by molar-refractivity contribution is -0.139. The predicted molar refractivity (Wildman–Crippen MR) is 89.9 cm³/mol. The number of hydrogen-bond donors (Lipinski definition) is 1. The van der Waals surface area contributed by atoms with Crippen molar-refractivity contribution in [2.75, 3.05) is 6.61 Å². The number of rotatable bonds is 6. The Labute approximate surface area is 144 Å². The summed E-state index contributed by atoms with van der Waals surface area (Å²) in [6, 6.07) is 13.8. The molecule has 0 fully saturated rings. The quantitative estimate of drug-likeness (QED) is 0.498. The Kier molecular flexibility index (Phi) is 6.17. The van der Waals surface area contributed by atoms with E-state index in [1.807, 2.05) is 6.07 Å². The first-order chi connectivity index (χ1) is 12.0. The number of Topliss-reactive ketones (excluding diaryl/α,β-unsaturated/α-hetero) is 1. The molecule has 0 saturated heterocycles. The van der Waals surface area contributed by atoms with Crippen LogP contribution >= 0.6 is 0 Å². The van der Waals surface area contributed by atoms with E-state index in [1.165, 1.54) is 25.1 Å². The minimum absolute atomic E-state index is 0.0781. The van der Waals surface area contributed by atoms with Crippen molar-refractivity contribution in [2.45, 2.75) is 6.92 Å². The van der Waals surface area contributed by atoms with E-state index in [4.69, 9.17) is 4.74 Å². The van der Waals surface area contributed by atoms with Gasteiger partial charge in [0.15, 0.2) is 12.4 Å². The topological polar surface area (TPSA) is 72.5 Å². The maximum Gasteiger partial charge on any atom is 0.355 e. The fourth-order valence-corrected chi connectivity index (χ4v) is 1.98. The van der Waals surface area contributed by atoms with Crippen molar-refractivity contribution < 1.29 is 23.5 Å². The fourth-order valence-electron chi connectivity index (χ4n) is 1.98. The van der Waals surface area contributed by atoms with Crippen molar-refractivity contribution >= 4 is 23.7 Å². The van der Waals surface area contributed by atoms with E-state index in [9.17, 15) is 18.8 Å². The van der Waals surface area contributed by atoms with E-state index in [0.29, 0.717) is 5.56 Å². The smallest absolute Gasteiger partial charge is 0.355 e. The summed E-state index contributed by atoms with van der Waals surface area (Å²) >= 11 is 0. The van der Waals surface area contributed by atoms with Gasteiger partial charge >= 0.3 is 5.97 Å². The van der Waals surface area contributed by atoms with Gasteiger partial charge in [0.05, 0.1) is 0 Å². The van der Waals surface area contributed by atoms with E-state index >= 15 is 0 Å². The number of ketones is 1. The van der Waals surface area contributed by atoms with E-state index < -0.39 is 30.1 Å². The van der Waals surface area contributed by atoms with Crippen molar-refractivity contribution in [3.63, 3.8) is 0 Å². The maximum absolute atomic E-state index is 12.9. The van der Waals surface area contributed by atoms with Crippen LogP contribution in [0.2, 0.25) is 0 Å². The zero-order valence-corrected chi connectivity index (χ0v) is 13.5. The molecule has 25 heavy (non-hydrogen) atoms. The second-order valence-electron chi connectivity index (χ2n) is 5.16. The Morgan fingerprint density at radius 2 is 1.68 bits per heavy atom. The third-order valence-electron chi connectivity index (χ3n) is 3.14. The Morgan fingerprint density at radius 1 is 1.04 bits per heavy atom. The molecule has 0 atom stereocenters. The van der Waals surface area contributed by atoms with Gasteiger partial charge in [0.1, 0.15) is 11.5 Å². The first-order valence-electron chi connectivity index (χ1n) is 7.46. The monoisotopic (exact) mass is 341 g/mol. The van der Waals surface area contributed by atoms with Crippen LogP contribution in [0.15, 0.2) is 60.3 Å². The highest BCUT2D eigenvalue weighted by Crippen LogP contribution is 2.08. The molecule has 0 heterocycles. The summed E-state index contributed by atoms with van der Waals surface area (Å²) in [6.45, 7) is 0.742. The molecule has 0 aromatic heterocycles. The zero-order chi connectivity index (χ0) is 18.2. The molecule has 0 spiro atoms. The second-order valence-corrected chi connectivity index (χ2v) is 5.16. The summed E-state index contributed by atoms with van der Waals surface area (Å²) in [4.78, 5) is 35.4. The van der Waals surface area contributed by atoms with Gasteiger partial charge < -0.3 is 10.1 Å². The molecule has 0 unspecified atom stereocenters. The van der Waals surface area contributed by atoms with Crippen LogP contribution in [0.3, 0.4) is 0 Å². The number of nitrogens with one attached hydrogen (secondary N) is 1. The van der Waals surface area contributed by atoms with Gasteiger partial charge in [0.25, 0.3) is 0 Å². The van der Waals surface area contributed by atoms with Gasteiger partial charge in [-0.1, -0.05) is 30.3 Å². The molecule has 6 heteroatoms. The van der Waals surface area contributed by atoms with Gasteiger partial charge in [-0.15, -0.1) is 0 Å². The summed E-state index contributed by atoms with van der Waals surface area (Å²) in [7, 11) is 0.